The largest absolute Gasteiger partial charge is 0.455 e. The van der Waals surface area contributed by atoms with Gasteiger partial charge in [-0.25, -0.2) is 4.68 Å². The van der Waals surface area contributed by atoms with Crippen LogP contribution in [0.3, 0.4) is 0 Å². The summed E-state index contributed by atoms with van der Waals surface area (Å²) in [5, 5.41) is 10.1. The molecular weight excluding hydrogens is 352 g/mol. The fourth-order valence-electron chi connectivity index (χ4n) is 2.52. The van der Waals surface area contributed by atoms with Crippen LogP contribution < -0.4 is 16.2 Å². The molecule has 0 bridgehead atoms. The Morgan fingerprint density at radius 1 is 1.22 bits per heavy atom. The zero-order valence-electron chi connectivity index (χ0n) is 15.4. The van der Waals surface area contributed by atoms with E-state index < -0.39 is 24.5 Å². The van der Waals surface area contributed by atoms with Gasteiger partial charge in [0.1, 0.15) is 6.04 Å². The van der Waals surface area contributed by atoms with Crippen molar-refractivity contribution in [2.75, 3.05) is 13.2 Å². The average Bonchev–Trinajstić information content (AvgIpc) is 2.64. The Kier molecular flexibility index (Phi) is 6.64. The van der Waals surface area contributed by atoms with E-state index in [2.05, 4.69) is 15.7 Å². The summed E-state index contributed by atoms with van der Waals surface area (Å²) in [7, 11) is 1.50. The standard InChI is InChI=1S/C18H22N4O5/c1-4-19-17(25)11(2)20-15(23)10-27-16(24)9-14-12-7-5-6-8-13(12)18(26)22(3)21-14/h5-8,11H,4,9-10H2,1-3H3,(H,19,25)(H,20,23)/t11-/m0/s1. The minimum Gasteiger partial charge on any atom is -0.455 e. The zero-order valence-corrected chi connectivity index (χ0v) is 15.4. The molecule has 0 unspecified atom stereocenters. The Hall–Kier alpha value is -3.23. The molecule has 0 saturated heterocycles. The molecule has 0 spiro atoms. The number of amides is 2. The van der Waals surface area contributed by atoms with E-state index in [4.69, 9.17) is 4.74 Å². The SMILES string of the molecule is CCNC(=O)[C@H](C)NC(=O)COC(=O)Cc1nn(C)c(=O)c2ccccc12. The van der Waals surface area contributed by atoms with Crippen LogP contribution in [0.1, 0.15) is 19.5 Å². The van der Waals surface area contributed by atoms with Gasteiger partial charge in [0.15, 0.2) is 6.61 Å². The van der Waals surface area contributed by atoms with Crippen molar-refractivity contribution in [1.82, 2.24) is 20.4 Å². The van der Waals surface area contributed by atoms with Crippen molar-refractivity contribution in [3.8, 4) is 0 Å². The number of ether oxygens (including phenoxy) is 1. The number of nitrogens with one attached hydrogen (secondary N) is 2. The van der Waals surface area contributed by atoms with Crippen LogP contribution in [0.25, 0.3) is 10.8 Å². The second-order valence-corrected chi connectivity index (χ2v) is 5.94. The molecule has 1 aromatic carbocycles. The quantitative estimate of drug-likeness (QED) is 0.640. The van der Waals surface area contributed by atoms with E-state index in [0.29, 0.717) is 23.0 Å². The van der Waals surface area contributed by atoms with E-state index >= 15 is 0 Å². The van der Waals surface area contributed by atoms with Crippen molar-refractivity contribution in [1.29, 1.82) is 0 Å². The highest BCUT2D eigenvalue weighted by atomic mass is 16.5. The summed E-state index contributed by atoms with van der Waals surface area (Å²) in [6.07, 6.45) is -0.187. The molecule has 0 saturated carbocycles. The number of carbonyl (C=O) groups excluding carboxylic acids is 3. The normalized spacial score (nSPS) is 11.7. The Labute approximate surface area is 155 Å². The number of aryl methyl sites for hydroxylation is 1. The molecule has 144 valence electrons. The fourth-order valence-corrected chi connectivity index (χ4v) is 2.52. The molecule has 2 rings (SSSR count). The van der Waals surface area contributed by atoms with Crippen molar-refractivity contribution in [2.45, 2.75) is 26.3 Å². The Balaban J connectivity index is 1.98. The third kappa shape index (κ3) is 5.13. The van der Waals surface area contributed by atoms with Crippen LogP contribution in [0.15, 0.2) is 29.1 Å². The summed E-state index contributed by atoms with van der Waals surface area (Å²) >= 11 is 0. The summed E-state index contributed by atoms with van der Waals surface area (Å²) in [6.45, 7) is 3.25. The highest BCUT2D eigenvalue weighted by Crippen LogP contribution is 2.13. The number of hydrogen-bond acceptors (Lipinski definition) is 6. The van der Waals surface area contributed by atoms with Crippen LogP contribution in [0.2, 0.25) is 0 Å². The van der Waals surface area contributed by atoms with Crippen molar-refractivity contribution in [3.63, 3.8) is 0 Å². The lowest BCUT2D eigenvalue weighted by Crippen LogP contribution is -2.46. The predicted octanol–water partition coefficient (Wildman–Crippen LogP) is -0.340. The first kappa shape index (κ1) is 20.1. The molecule has 1 heterocycles. The van der Waals surface area contributed by atoms with Crippen molar-refractivity contribution in [2.24, 2.45) is 7.05 Å². The molecular formula is C18H22N4O5. The molecule has 0 aliphatic rings. The van der Waals surface area contributed by atoms with E-state index in [-0.39, 0.29) is 17.9 Å². The van der Waals surface area contributed by atoms with Crippen LogP contribution in [-0.2, 0) is 32.6 Å². The van der Waals surface area contributed by atoms with Crippen molar-refractivity contribution >= 4 is 28.6 Å². The number of likely N-dealkylation sites (N-methyl/N-ethyl adjacent to an activating group) is 1. The maximum atomic E-state index is 12.1. The van der Waals surface area contributed by atoms with Crippen LogP contribution >= 0.6 is 0 Å². The second kappa shape index (κ2) is 8.93. The number of aromatic nitrogens is 2. The van der Waals surface area contributed by atoms with Crippen molar-refractivity contribution < 1.29 is 19.1 Å². The monoisotopic (exact) mass is 374 g/mol. The Bertz CT molecular complexity index is 922. The highest BCUT2D eigenvalue weighted by molar-refractivity contribution is 5.89. The average molecular weight is 374 g/mol. The fraction of sp³-hybridized carbons (Fsp3) is 0.389. The van der Waals surface area contributed by atoms with E-state index in [9.17, 15) is 19.2 Å². The van der Waals surface area contributed by atoms with Gasteiger partial charge >= 0.3 is 5.97 Å². The minimum absolute atomic E-state index is 0.187. The first-order valence-electron chi connectivity index (χ1n) is 8.51. The summed E-state index contributed by atoms with van der Waals surface area (Å²) in [6, 6.07) is 6.10. The van der Waals surface area contributed by atoms with E-state index in [1.54, 1.807) is 31.2 Å². The van der Waals surface area contributed by atoms with Gasteiger partial charge in [0.25, 0.3) is 11.5 Å². The molecule has 0 aliphatic carbocycles. The smallest absolute Gasteiger partial charge is 0.312 e. The van der Waals surface area contributed by atoms with Crippen LogP contribution in [0, 0.1) is 0 Å². The molecule has 0 aliphatic heterocycles. The summed E-state index contributed by atoms with van der Waals surface area (Å²) in [5.41, 5.74) is 0.121. The van der Waals surface area contributed by atoms with E-state index in [1.165, 1.54) is 14.0 Å². The molecule has 27 heavy (non-hydrogen) atoms. The maximum Gasteiger partial charge on any atom is 0.312 e. The number of carbonyl (C=O) groups is 3. The van der Waals surface area contributed by atoms with Gasteiger partial charge in [0.05, 0.1) is 17.5 Å². The van der Waals surface area contributed by atoms with Gasteiger partial charge in [-0.05, 0) is 19.9 Å². The molecule has 9 heteroatoms. The number of benzene rings is 1. The van der Waals surface area contributed by atoms with Gasteiger partial charge in [-0.3, -0.25) is 19.2 Å². The summed E-state index contributed by atoms with van der Waals surface area (Å²) in [5.74, 6) is -1.56. The molecule has 1 aromatic heterocycles. The van der Waals surface area contributed by atoms with Gasteiger partial charge in [-0.2, -0.15) is 5.10 Å². The molecule has 2 N–H and O–H groups in total. The number of nitrogens with zero attached hydrogens (tertiary/aromatic N) is 2. The lowest BCUT2D eigenvalue weighted by Gasteiger charge is -2.13. The number of fused-ring (bicyclic) bond motifs is 1. The molecule has 9 nitrogen and oxygen atoms in total. The summed E-state index contributed by atoms with van der Waals surface area (Å²) in [4.78, 5) is 47.5. The molecule has 0 fully saturated rings. The zero-order chi connectivity index (χ0) is 20.0. The molecule has 2 aromatic rings. The summed E-state index contributed by atoms with van der Waals surface area (Å²) < 4.78 is 6.12. The van der Waals surface area contributed by atoms with Gasteiger partial charge < -0.3 is 15.4 Å². The molecule has 1 atom stereocenters. The Morgan fingerprint density at radius 3 is 2.56 bits per heavy atom. The maximum absolute atomic E-state index is 12.1. The van der Waals surface area contributed by atoms with Crippen LogP contribution in [0.5, 0.6) is 0 Å². The van der Waals surface area contributed by atoms with Gasteiger partial charge in [0, 0.05) is 19.0 Å². The lowest BCUT2D eigenvalue weighted by atomic mass is 10.1. The third-order valence-corrected chi connectivity index (χ3v) is 3.83. The number of rotatable bonds is 7. The number of hydrogen-bond donors (Lipinski definition) is 2. The lowest BCUT2D eigenvalue weighted by molar-refractivity contribution is -0.148. The van der Waals surface area contributed by atoms with E-state index in [0.717, 1.165) is 4.68 Å². The Morgan fingerprint density at radius 2 is 1.89 bits per heavy atom. The molecule has 2 amide bonds. The van der Waals surface area contributed by atoms with E-state index in [1.807, 2.05) is 0 Å². The van der Waals surface area contributed by atoms with Crippen LogP contribution in [-0.4, -0.2) is 46.8 Å². The highest BCUT2D eigenvalue weighted by Gasteiger charge is 2.17. The first-order valence-corrected chi connectivity index (χ1v) is 8.51. The first-order chi connectivity index (χ1) is 12.8. The predicted molar refractivity (Wildman–Crippen MR) is 97.9 cm³/mol. The van der Waals surface area contributed by atoms with Gasteiger partial charge in [0.2, 0.25) is 5.91 Å². The third-order valence-electron chi connectivity index (χ3n) is 3.83. The topological polar surface area (TPSA) is 119 Å². The second-order valence-electron chi connectivity index (χ2n) is 5.94. The van der Waals surface area contributed by atoms with Crippen LogP contribution in [0.4, 0.5) is 0 Å². The van der Waals surface area contributed by atoms with Gasteiger partial charge in [-0.15, -0.1) is 0 Å². The molecule has 0 radical (unpaired) electrons. The van der Waals surface area contributed by atoms with Crippen molar-refractivity contribution in [3.05, 3.63) is 40.3 Å². The number of esters is 1. The minimum atomic E-state index is -0.731. The van der Waals surface area contributed by atoms with Gasteiger partial charge in [-0.1, -0.05) is 18.2 Å².